The van der Waals surface area contributed by atoms with Gasteiger partial charge in [-0.1, -0.05) is 80.4 Å². The second-order valence-electron chi connectivity index (χ2n) is 26.0. The van der Waals surface area contributed by atoms with Gasteiger partial charge in [0.1, 0.15) is 19.0 Å². The first kappa shape index (κ1) is 97.3. The quantitative estimate of drug-likeness (QED) is 0.0282. The summed E-state index contributed by atoms with van der Waals surface area (Å²) in [5.74, 6) is -10.2. The average Bonchev–Trinajstić information content (AvgIpc) is 1.75. The van der Waals surface area contributed by atoms with Crippen molar-refractivity contribution in [3.8, 4) is 0 Å². The monoisotopic (exact) mass is 1540 g/mol. The number of carboxylic acid groups (broad SMARTS) is 2. The molecular formula is C76H108N10O24. The number of benzene rings is 2. The molecular weight excluding hydrogens is 1440 g/mol. The van der Waals surface area contributed by atoms with Gasteiger partial charge in [0.2, 0.25) is 30.0 Å². The van der Waals surface area contributed by atoms with Crippen molar-refractivity contribution in [2.75, 3.05) is 92.9 Å². The van der Waals surface area contributed by atoms with Gasteiger partial charge in [-0.2, -0.15) is 0 Å². The number of imide groups is 3. The van der Waals surface area contributed by atoms with Gasteiger partial charge in [0.25, 0.3) is 35.4 Å². The third kappa shape index (κ3) is 45.2. The Hall–Kier alpha value is -10.7. The molecule has 0 aliphatic carbocycles. The van der Waals surface area contributed by atoms with Crippen molar-refractivity contribution in [2.45, 2.75) is 162 Å². The summed E-state index contributed by atoms with van der Waals surface area (Å²) in [7, 11) is 3.38. The molecule has 2 aromatic rings. The van der Waals surface area contributed by atoms with Crippen LogP contribution < -0.4 is 27.0 Å². The lowest BCUT2D eigenvalue weighted by Gasteiger charge is -2.28. The number of hydroxylamine groups is 2. The Morgan fingerprint density at radius 3 is 1.24 bits per heavy atom. The number of nitrogens with zero attached hydrogens (tertiary/aromatic N) is 5. The van der Waals surface area contributed by atoms with Gasteiger partial charge in [0.15, 0.2) is 23.1 Å². The van der Waals surface area contributed by atoms with E-state index < -0.39 is 78.4 Å². The molecule has 11 amide bonds. The van der Waals surface area contributed by atoms with Gasteiger partial charge in [0.05, 0.1) is 45.9 Å². The van der Waals surface area contributed by atoms with E-state index in [9.17, 15) is 91.1 Å². The largest absolute Gasteiger partial charge is 0.480 e. The lowest BCUT2D eigenvalue weighted by atomic mass is 9.93. The van der Waals surface area contributed by atoms with Crippen LogP contribution in [0.4, 0.5) is 0 Å². The number of amides is 11. The highest BCUT2D eigenvalue weighted by Gasteiger charge is 2.33. The Kier molecular flexibility index (Phi) is 50.0. The van der Waals surface area contributed by atoms with Crippen molar-refractivity contribution in [2.24, 2.45) is 17.6 Å². The molecule has 5 rings (SSSR count). The number of hydrogen-bond donors (Lipinski definition) is 7. The number of ether oxygens (including phenoxy) is 2. The average molecular weight is 1550 g/mol. The van der Waals surface area contributed by atoms with Gasteiger partial charge in [-0.25, -0.2) is 14.4 Å². The maximum atomic E-state index is 12.9. The number of carbonyl (C=O) groups is 19. The Morgan fingerprint density at radius 2 is 0.882 bits per heavy atom. The number of ketones is 5. The summed E-state index contributed by atoms with van der Waals surface area (Å²) in [5, 5.41) is 27.5. The smallest absolute Gasteiger partial charge is 0.333 e. The first-order valence-corrected chi connectivity index (χ1v) is 36.3. The van der Waals surface area contributed by atoms with Crippen LogP contribution in [0.2, 0.25) is 0 Å². The lowest BCUT2D eigenvalue weighted by Crippen LogP contribution is -2.39. The Balaban J connectivity index is 0.000000790. The molecule has 34 nitrogen and oxygen atoms in total. The molecule has 1 fully saturated rings. The molecule has 0 saturated carbocycles. The molecule has 3 aliphatic rings. The molecule has 0 aromatic heterocycles. The summed E-state index contributed by atoms with van der Waals surface area (Å²) in [4.78, 5) is 230. The summed E-state index contributed by atoms with van der Waals surface area (Å²) in [6, 6.07) is 19.5. The van der Waals surface area contributed by atoms with E-state index in [4.69, 9.17) is 30.3 Å². The molecule has 3 aliphatic heterocycles. The minimum absolute atomic E-state index is 0.0153. The predicted molar refractivity (Wildman–Crippen MR) is 396 cm³/mol. The number of unbranched alkanes of at least 4 members (excludes halogenated alkanes) is 4. The van der Waals surface area contributed by atoms with Crippen molar-refractivity contribution in [3.63, 3.8) is 0 Å². The van der Waals surface area contributed by atoms with Crippen LogP contribution in [0.1, 0.15) is 148 Å². The Labute approximate surface area is 640 Å². The van der Waals surface area contributed by atoms with Gasteiger partial charge in [-0.15, -0.1) is 5.06 Å². The molecule has 0 radical (unpaired) electrons. The van der Waals surface area contributed by atoms with Crippen LogP contribution in [-0.2, 0) is 118 Å². The number of carbonyl (C=O) groups excluding carboxylic acids is 17. The summed E-state index contributed by atoms with van der Waals surface area (Å²) >= 11 is 0. The van der Waals surface area contributed by atoms with E-state index >= 15 is 0 Å². The van der Waals surface area contributed by atoms with Crippen molar-refractivity contribution in [1.29, 1.82) is 0 Å². The van der Waals surface area contributed by atoms with Crippen LogP contribution in [0.15, 0.2) is 85.0 Å². The van der Waals surface area contributed by atoms with E-state index in [0.717, 1.165) is 33.9 Å². The normalized spacial score (nSPS) is 13.2. The number of aliphatic carboxylic acids is 2. The van der Waals surface area contributed by atoms with Crippen molar-refractivity contribution >= 4 is 112 Å². The highest BCUT2D eigenvalue weighted by atomic mass is 16.7. The van der Waals surface area contributed by atoms with Crippen molar-refractivity contribution in [1.82, 2.24) is 45.9 Å². The predicted octanol–water partition coefficient (Wildman–Crippen LogP) is 1.90. The molecule has 3 heterocycles. The molecule has 1 saturated heterocycles. The second kappa shape index (κ2) is 56.5. The number of carboxylic acids is 2. The van der Waals surface area contributed by atoms with Crippen LogP contribution in [0, 0.1) is 11.8 Å². The van der Waals surface area contributed by atoms with Crippen LogP contribution >= 0.6 is 0 Å². The Bertz CT molecular complexity index is 3390. The third-order valence-electron chi connectivity index (χ3n) is 16.0. The molecule has 34 heteroatoms. The summed E-state index contributed by atoms with van der Waals surface area (Å²) in [6.45, 7) is 10.4. The summed E-state index contributed by atoms with van der Waals surface area (Å²) < 4.78 is 9.61. The fraction of sp³-hybridized carbons (Fsp3) is 0.539. The third-order valence-corrected chi connectivity index (χ3v) is 16.0. The molecule has 2 aromatic carbocycles. The van der Waals surface area contributed by atoms with Crippen molar-refractivity contribution in [3.05, 3.63) is 96.1 Å². The number of Topliss-reactive ketones (excluding diaryl/α,β-unsaturated/α-hetero) is 5. The second-order valence-corrected chi connectivity index (χ2v) is 26.0. The molecule has 0 bridgehead atoms. The van der Waals surface area contributed by atoms with Gasteiger partial charge in [-0.05, 0) is 83.9 Å². The van der Waals surface area contributed by atoms with Gasteiger partial charge >= 0.3 is 17.9 Å². The van der Waals surface area contributed by atoms with E-state index in [-0.39, 0.29) is 169 Å². The molecule has 0 spiro atoms. The van der Waals surface area contributed by atoms with E-state index in [1.807, 2.05) is 36.4 Å². The SMILES string of the molecule is CCN(C(C)C)C(C)C.CN(C)C=O.NCC(=O)NCC(=O)C[C@@H](Cc1ccccc1)C(=O)NCC(=O)CCOCC(=O)O.O=C(CCCCCN1C(=O)C=CC1=O)ON1C(=O)CCC1=O.O=C(O)COCCC(=O)CNC(=O)[C@@H](CC(=O)CNC(=O)CCC(=O)CCCCCN1C(=O)C=CC1=O)Cc1ccccc1. The van der Waals surface area contributed by atoms with E-state index in [2.05, 4.69) is 60.8 Å². The first-order chi connectivity index (χ1) is 52.2. The molecule has 0 unspecified atom stereocenters. The van der Waals surface area contributed by atoms with Crippen LogP contribution in [0.3, 0.4) is 0 Å². The minimum atomic E-state index is -1.15. The van der Waals surface area contributed by atoms with Gasteiger partial charge in [-0.3, -0.25) is 91.4 Å². The highest BCUT2D eigenvalue weighted by molar-refractivity contribution is 6.13. The lowest BCUT2D eigenvalue weighted by molar-refractivity contribution is -0.197. The van der Waals surface area contributed by atoms with E-state index in [1.165, 1.54) is 29.2 Å². The zero-order valence-corrected chi connectivity index (χ0v) is 63.9. The first-order valence-electron chi connectivity index (χ1n) is 36.3. The number of hydrogen-bond acceptors (Lipinski definition) is 24. The topological polar surface area (TPSA) is 483 Å². The van der Waals surface area contributed by atoms with Crippen molar-refractivity contribution < 1.29 is 116 Å². The Morgan fingerprint density at radius 1 is 0.500 bits per heavy atom. The van der Waals surface area contributed by atoms with E-state index in [0.29, 0.717) is 75.2 Å². The molecule has 2 atom stereocenters. The number of nitrogens with two attached hydrogens (primary N) is 1. The number of nitrogens with one attached hydrogen (secondary N) is 4. The van der Waals surface area contributed by atoms with Gasteiger partial charge in [0, 0.05) is 140 Å². The summed E-state index contributed by atoms with van der Waals surface area (Å²) in [6.07, 6.45) is 9.65. The van der Waals surface area contributed by atoms with Crippen LogP contribution in [0.5, 0.6) is 0 Å². The minimum Gasteiger partial charge on any atom is -0.480 e. The standard InChI is InChI=1S/C31H39N3O10.C20H27N3O7.C14H16N2O6.C8H19N.C3H7NO/c35-24(9-5-2-6-15-34-28(39)12-13-29(34)40)10-11-27(38)32-20-26(37)18-23(17-22-7-3-1-4-8-22)31(43)33-19-25(36)14-16-44-21-30(41)42;21-10-18(26)22-12-17(25)9-15(8-14-4-2-1-3-5-14)20(29)23-11-16(24)6-7-30-13-19(27)28;17-10-5-6-11(18)15(10)9-3-1-2-4-14(21)22-16-12(19)7-8-13(16)20;1-6-9(7(2)3)8(4)5;1-4(2)3-5/h1,3-4,7-8,12-13,23H,2,5-6,9-11,14-21H2,(H,32,38)(H,33,43)(H,41,42);1-5,15H,6-13,21H2,(H,22,26)(H,23,29)(H,27,28);5-6H,1-4,7-9H2;7-8H,6H2,1-5H3;3H,1-2H3/t23-;15-;;;/m11.../s1. The fourth-order valence-corrected chi connectivity index (χ4v) is 10.4. The zero-order valence-electron chi connectivity index (χ0n) is 63.9. The molecule has 8 N–H and O–H groups in total. The molecule has 110 heavy (non-hydrogen) atoms. The zero-order chi connectivity index (χ0) is 82.5. The maximum Gasteiger partial charge on any atom is 0.333 e. The molecule has 606 valence electrons. The highest BCUT2D eigenvalue weighted by Crippen LogP contribution is 2.18. The maximum absolute atomic E-state index is 12.9. The van der Waals surface area contributed by atoms with Crippen LogP contribution in [-0.4, -0.2) is 252 Å². The fourth-order valence-electron chi connectivity index (χ4n) is 10.4. The van der Waals surface area contributed by atoms with Crippen LogP contribution in [0.25, 0.3) is 0 Å². The van der Waals surface area contributed by atoms with E-state index in [1.54, 1.807) is 38.4 Å². The number of rotatable bonds is 49. The van der Waals surface area contributed by atoms with Gasteiger partial charge < -0.3 is 56.4 Å². The summed E-state index contributed by atoms with van der Waals surface area (Å²) in [5.41, 5.74) is 6.84.